The molecule has 0 aliphatic carbocycles. The Morgan fingerprint density at radius 2 is 2.00 bits per heavy atom. The lowest BCUT2D eigenvalue weighted by molar-refractivity contribution is -0.120. The molecule has 20 heavy (non-hydrogen) atoms. The molecular weight excluding hydrogens is 255 g/mol. The molecule has 0 heterocycles. The monoisotopic (exact) mass is 272 g/mol. The van der Waals surface area contributed by atoms with Crippen LogP contribution < -0.4 is 11.1 Å². The highest BCUT2D eigenvalue weighted by Crippen LogP contribution is 2.10. The smallest absolute Gasteiger partial charge is 0.224 e. The average Bonchev–Trinajstić information content (AvgIpc) is 2.40. The lowest BCUT2D eigenvalue weighted by Crippen LogP contribution is -2.24. The third-order valence-electron chi connectivity index (χ3n) is 3.04. The number of aryl methyl sites for hydroxylation is 1. The van der Waals surface area contributed by atoms with Crippen LogP contribution in [0.3, 0.4) is 0 Å². The Hall–Kier alpha value is -2.36. The van der Waals surface area contributed by atoms with E-state index in [2.05, 4.69) is 5.32 Å². The molecule has 0 saturated heterocycles. The van der Waals surface area contributed by atoms with E-state index in [1.807, 2.05) is 12.1 Å². The van der Waals surface area contributed by atoms with Crippen LogP contribution in [0.25, 0.3) is 0 Å². The van der Waals surface area contributed by atoms with Crippen molar-refractivity contribution in [1.82, 2.24) is 5.32 Å². The van der Waals surface area contributed by atoms with Crippen molar-refractivity contribution >= 4 is 11.6 Å². The zero-order valence-corrected chi connectivity index (χ0v) is 11.3. The van der Waals surface area contributed by atoms with Gasteiger partial charge in [0.25, 0.3) is 0 Å². The Labute approximate surface area is 117 Å². The summed E-state index contributed by atoms with van der Waals surface area (Å²) in [6.07, 6.45) is 0.263. The maximum absolute atomic E-state index is 13.4. The van der Waals surface area contributed by atoms with Gasteiger partial charge in [-0.05, 0) is 41.8 Å². The average molecular weight is 272 g/mol. The minimum atomic E-state index is -0.257. The zero-order valence-electron chi connectivity index (χ0n) is 11.3. The van der Waals surface area contributed by atoms with E-state index in [0.29, 0.717) is 17.8 Å². The fourth-order valence-corrected chi connectivity index (χ4v) is 1.90. The van der Waals surface area contributed by atoms with Crippen molar-refractivity contribution in [3.63, 3.8) is 0 Å². The number of nitrogen functional groups attached to an aromatic ring is 1. The Morgan fingerprint density at radius 1 is 1.20 bits per heavy atom. The topological polar surface area (TPSA) is 55.1 Å². The number of carbonyl (C=O) groups is 1. The van der Waals surface area contributed by atoms with Crippen LogP contribution in [0.15, 0.2) is 42.5 Å². The summed E-state index contributed by atoms with van der Waals surface area (Å²) in [7, 11) is 0. The van der Waals surface area contributed by atoms with Crippen LogP contribution in [0.5, 0.6) is 0 Å². The van der Waals surface area contributed by atoms with E-state index in [-0.39, 0.29) is 18.1 Å². The molecule has 0 saturated carbocycles. The first-order valence-electron chi connectivity index (χ1n) is 6.41. The van der Waals surface area contributed by atoms with Gasteiger partial charge < -0.3 is 11.1 Å². The predicted octanol–water partition coefficient (Wildman–Crippen LogP) is 2.58. The second-order valence-electron chi connectivity index (χ2n) is 4.78. The van der Waals surface area contributed by atoms with E-state index >= 15 is 0 Å². The second-order valence-corrected chi connectivity index (χ2v) is 4.78. The molecule has 2 aromatic rings. The van der Waals surface area contributed by atoms with E-state index in [0.717, 1.165) is 11.1 Å². The first kappa shape index (κ1) is 14.1. The van der Waals surface area contributed by atoms with Crippen LogP contribution in [0.1, 0.15) is 16.7 Å². The summed E-state index contributed by atoms with van der Waals surface area (Å²) in [6, 6.07) is 12.2. The van der Waals surface area contributed by atoms with Gasteiger partial charge in [-0.3, -0.25) is 4.79 Å². The van der Waals surface area contributed by atoms with Crippen molar-refractivity contribution < 1.29 is 9.18 Å². The van der Waals surface area contributed by atoms with Gasteiger partial charge in [-0.1, -0.05) is 24.3 Å². The summed E-state index contributed by atoms with van der Waals surface area (Å²) in [6.45, 7) is 2.02. The maximum Gasteiger partial charge on any atom is 0.224 e. The molecule has 0 unspecified atom stereocenters. The minimum Gasteiger partial charge on any atom is -0.399 e. The highest BCUT2D eigenvalue weighted by molar-refractivity contribution is 5.78. The second kappa shape index (κ2) is 6.19. The molecule has 0 radical (unpaired) electrons. The summed E-state index contributed by atoms with van der Waals surface area (Å²) >= 11 is 0. The maximum atomic E-state index is 13.4. The standard InChI is InChI=1S/C16H17FN2O/c1-11-5-6-13(8-15(11)17)10-19-16(20)9-12-3-2-4-14(18)7-12/h2-8H,9-10,18H2,1H3,(H,19,20). The highest BCUT2D eigenvalue weighted by atomic mass is 19.1. The number of hydrogen-bond acceptors (Lipinski definition) is 2. The van der Waals surface area contributed by atoms with Crippen molar-refractivity contribution in [2.45, 2.75) is 19.9 Å². The van der Waals surface area contributed by atoms with Gasteiger partial charge in [0.05, 0.1) is 6.42 Å². The Bertz CT molecular complexity index is 626. The van der Waals surface area contributed by atoms with E-state index < -0.39 is 0 Å². The SMILES string of the molecule is Cc1ccc(CNC(=O)Cc2cccc(N)c2)cc1F. The van der Waals surface area contributed by atoms with Crippen molar-refractivity contribution in [2.24, 2.45) is 0 Å². The largest absolute Gasteiger partial charge is 0.399 e. The van der Waals surface area contributed by atoms with E-state index in [4.69, 9.17) is 5.73 Å². The predicted molar refractivity (Wildman–Crippen MR) is 77.5 cm³/mol. The summed E-state index contributed by atoms with van der Waals surface area (Å²) < 4.78 is 13.4. The fraction of sp³-hybridized carbons (Fsp3) is 0.188. The van der Waals surface area contributed by atoms with Gasteiger partial charge in [-0.2, -0.15) is 0 Å². The van der Waals surface area contributed by atoms with E-state index in [1.54, 1.807) is 31.2 Å². The molecule has 0 fully saturated rings. The van der Waals surface area contributed by atoms with Gasteiger partial charge in [0.1, 0.15) is 5.82 Å². The number of amides is 1. The van der Waals surface area contributed by atoms with Crippen LogP contribution >= 0.6 is 0 Å². The zero-order chi connectivity index (χ0) is 14.5. The van der Waals surface area contributed by atoms with E-state index in [1.165, 1.54) is 6.07 Å². The molecule has 3 nitrogen and oxygen atoms in total. The van der Waals surface area contributed by atoms with Gasteiger partial charge in [0.15, 0.2) is 0 Å². The normalized spacial score (nSPS) is 10.3. The summed E-state index contributed by atoms with van der Waals surface area (Å²) in [4.78, 5) is 11.8. The Morgan fingerprint density at radius 3 is 2.70 bits per heavy atom. The Kier molecular flexibility index (Phi) is 4.35. The molecule has 4 heteroatoms. The van der Waals surface area contributed by atoms with Crippen LogP contribution in [-0.2, 0) is 17.8 Å². The molecule has 1 amide bonds. The third kappa shape index (κ3) is 3.82. The van der Waals surface area contributed by atoms with Crippen molar-refractivity contribution in [3.8, 4) is 0 Å². The molecule has 0 bridgehead atoms. The summed E-state index contributed by atoms with van der Waals surface area (Å²) in [5.41, 5.74) is 8.49. The Balaban J connectivity index is 1.90. The molecule has 0 spiro atoms. The molecule has 2 rings (SSSR count). The quantitative estimate of drug-likeness (QED) is 0.840. The number of hydrogen-bond donors (Lipinski definition) is 2. The number of nitrogens with one attached hydrogen (secondary N) is 1. The molecule has 0 aliphatic rings. The van der Waals surface area contributed by atoms with Crippen LogP contribution in [0, 0.1) is 12.7 Å². The van der Waals surface area contributed by atoms with Crippen LogP contribution in [0.2, 0.25) is 0 Å². The molecule has 0 aliphatic heterocycles. The lowest BCUT2D eigenvalue weighted by atomic mass is 10.1. The summed E-state index contributed by atoms with van der Waals surface area (Å²) in [5, 5.41) is 2.77. The van der Waals surface area contributed by atoms with Gasteiger partial charge in [0.2, 0.25) is 5.91 Å². The first-order valence-corrected chi connectivity index (χ1v) is 6.41. The van der Waals surface area contributed by atoms with Crippen LogP contribution in [0.4, 0.5) is 10.1 Å². The van der Waals surface area contributed by atoms with Gasteiger partial charge >= 0.3 is 0 Å². The number of carbonyl (C=O) groups excluding carboxylic acids is 1. The van der Waals surface area contributed by atoms with Crippen molar-refractivity contribution in [2.75, 3.05) is 5.73 Å². The summed E-state index contributed by atoms with van der Waals surface area (Å²) in [5.74, 6) is -0.371. The van der Waals surface area contributed by atoms with Crippen LogP contribution in [-0.4, -0.2) is 5.91 Å². The number of rotatable bonds is 4. The number of nitrogens with two attached hydrogens (primary N) is 1. The molecule has 3 N–H and O–H groups in total. The molecule has 2 aromatic carbocycles. The molecule has 0 aromatic heterocycles. The molecule has 104 valence electrons. The van der Waals surface area contributed by atoms with E-state index in [9.17, 15) is 9.18 Å². The number of anilines is 1. The number of halogens is 1. The van der Waals surface area contributed by atoms with Crippen molar-refractivity contribution in [3.05, 3.63) is 65.0 Å². The number of benzene rings is 2. The minimum absolute atomic E-state index is 0.114. The van der Waals surface area contributed by atoms with Crippen molar-refractivity contribution in [1.29, 1.82) is 0 Å². The van der Waals surface area contributed by atoms with Gasteiger partial charge in [-0.25, -0.2) is 4.39 Å². The fourth-order valence-electron chi connectivity index (χ4n) is 1.90. The van der Waals surface area contributed by atoms with Gasteiger partial charge in [-0.15, -0.1) is 0 Å². The lowest BCUT2D eigenvalue weighted by Gasteiger charge is -2.07. The third-order valence-corrected chi connectivity index (χ3v) is 3.04. The van der Waals surface area contributed by atoms with Gasteiger partial charge in [0, 0.05) is 12.2 Å². The highest BCUT2D eigenvalue weighted by Gasteiger charge is 2.05. The molecule has 0 atom stereocenters. The molecular formula is C16H17FN2O. The first-order chi connectivity index (χ1) is 9.54.